The van der Waals surface area contributed by atoms with Crippen molar-refractivity contribution in [2.75, 3.05) is 7.11 Å². The molecule has 4 heteroatoms. The molecule has 1 heterocycles. The Bertz CT molecular complexity index is 550. The summed E-state index contributed by atoms with van der Waals surface area (Å²) in [5.74, 6) is -0.448. The number of benzene rings is 1. The Morgan fingerprint density at radius 1 is 1.22 bits per heavy atom. The lowest BCUT2D eigenvalue weighted by molar-refractivity contribution is 0.0587. The summed E-state index contributed by atoms with van der Waals surface area (Å²) in [5.41, 5.74) is 2.94. The number of carbonyl (C=O) groups excluding carboxylic acids is 1. The fourth-order valence-corrected chi connectivity index (χ4v) is 1.62. The Hall–Kier alpha value is -2.23. The molecule has 0 unspecified atom stereocenters. The highest BCUT2D eigenvalue weighted by Crippen LogP contribution is 2.17. The summed E-state index contributed by atoms with van der Waals surface area (Å²) in [6.07, 6.45) is 2.56. The van der Waals surface area contributed by atoms with E-state index < -0.39 is 5.97 Å². The Morgan fingerprint density at radius 3 is 2.56 bits per heavy atom. The third-order valence-corrected chi connectivity index (χ3v) is 2.68. The van der Waals surface area contributed by atoms with Gasteiger partial charge in [-0.15, -0.1) is 0 Å². The normalized spacial score (nSPS) is 10.1. The monoisotopic (exact) mass is 242 g/mol. The fourth-order valence-electron chi connectivity index (χ4n) is 1.62. The summed E-state index contributed by atoms with van der Waals surface area (Å²) in [4.78, 5) is 19.4. The van der Waals surface area contributed by atoms with Crippen LogP contribution in [0.15, 0.2) is 36.5 Å². The average Bonchev–Trinajstić information content (AvgIpc) is 2.46. The van der Waals surface area contributed by atoms with Gasteiger partial charge in [-0.25, -0.2) is 14.8 Å². The van der Waals surface area contributed by atoms with E-state index >= 15 is 0 Å². The summed E-state index contributed by atoms with van der Waals surface area (Å²) in [6, 6.07) is 9.85. The second-order valence-corrected chi connectivity index (χ2v) is 3.81. The number of esters is 1. The average molecular weight is 242 g/mol. The molecule has 1 aromatic heterocycles. The van der Waals surface area contributed by atoms with Crippen molar-refractivity contribution in [2.24, 2.45) is 0 Å². The molecule has 0 saturated carbocycles. The number of ether oxygens (including phenoxy) is 1. The molecule has 1 aromatic carbocycles. The number of hydrogen-bond acceptors (Lipinski definition) is 4. The third kappa shape index (κ3) is 2.53. The van der Waals surface area contributed by atoms with Crippen LogP contribution in [0.1, 0.15) is 23.1 Å². The first-order chi connectivity index (χ1) is 8.74. The highest BCUT2D eigenvalue weighted by Gasteiger charge is 2.10. The van der Waals surface area contributed by atoms with Crippen molar-refractivity contribution in [1.29, 1.82) is 0 Å². The van der Waals surface area contributed by atoms with Gasteiger partial charge in [0.05, 0.1) is 12.8 Å². The van der Waals surface area contributed by atoms with Crippen LogP contribution >= 0.6 is 0 Å². The number of nitrogens with zero attached hydrogens (tertiary/aromatic N) is 2. The summed E-state index contributed by atoms with van der Waals surface area (Å²) in [7, 11) is 1.31. The number of aromatic nitrogens is 2. The number of aryl methyl sites for hydroxylation is 1. The van der Waals surface area contributed by atoms with E-state index in [1.807, 2.05) is 12.1 Å². The van der Waals surface area contributed by atoms with Crippen molar-refractivity contribution < 1.29 is 9.53 Å². The minimum atomic E-state index is -0.526. The third-order valence-electron chi connectivity index (χ3n) is 2.68. The molecule has 0 amide bonds. The Labute approximate surface area is 106 Å². The SMILES string of the molecule is CCc1ccc(-c2ccnc(C(=O)OC)n2)cc1. The highest BCUT2D eigenvalue weighted by atomic mass is 16.5. The van der Waals surface area contributed by atoms with Crippen molar-refractivity contribution in [2.45, 2.75) is 13.3 Å². The summed E-state index contributed by atoms with van der Waals surface area (Å²) in [6.45, 7) is 2.11. The molecule has 0 aliphatic rings. The zero-order valence-electron chi connectivity index (χ0n) is 10.4. The van der Waals surface area contributed by atoms with Crippen LogP contribution < -0.4 is 0 Å². The van der Waals surface area contributed by atoms with E-state index in [-0.39, 0.29) is 5.82 Å². The molecule has 0 N–H and O–H groups in total. The molecule has 0 atom stereocenters. The van der Waals surface area contributed by atoms with E-state index in [4.69, 9.17) is 0 Å². The van der Waals surface area contributed by atoms with Crippen molar-refractivity contribution in [3.63, 3.8) is 0 Å². The van der Waals surface area contributed by atoms with Gasteiger partial charge in [-0.1, -0.05) is 31.2 Å². The maximum absolute atomic E-state index is 11.4. The molecule has 0 saturated heterocycles. The summed E-state index contributed by atoms with van der Waals surface area (Å²) < 4.78 is 4.60. The van der Waals surface area contributed by atoms with E-state index in [1.165, 1.54) is 12.7 Å². The lowest BCUT2D eigenvalue weighted by Crippen LogP contribution is -2.07. The molecule has 0 aliphatic carbocycles. The van der Waals surface area contributed by atoms with Crippen molar-refractivity contribution in [3.8, 4) is 11.3 Å². The topological polar surface area (TPSA) is 52.1 Å². The van der Waals surface area contributed by atoms with Crippen LogP contribution in [0.5, 0.6) is 0 Å². The first-order valence-corrected chi connectivity index (χ1v) is 5.75. The van der Waals surface area contributed by atoms with Crippen LogP contribution in [0.2, 0.25) is 0 Å². The molecule has 18 heavy (non-hydrogen) atoms. The van der Waals surface area contributed by atoms with Gasteiger partial charge in [-0.3, -0.25) is 0 Å². The number of carbonyl (C=O) groups is 1. The molecular weight excluding hydrogens is 228 g/mol. The maximum Gasteiger partial charge on any atom is 0.376 e. The summed E-state index contributed by atoms with van der Waals surface area (Å²) in [5, 5.41) is 0. The lowest BCUT2D eigenvalue weighted by atomic mass is 10.1. The van der Waals surface area contributed by atoms with E-state index in [0.29, 0.717) is 5.69 Å². The van der Waals surface area contributed by atoms with E-state index in [9.17, 15) is 4.79 Å². The number of methoxy groups -OCH3 is 1. The molecule has 92 valence electrons. The first-order valence-electron chi connectivity index (χ1n) is 5.75. The molecule has 0 spiro atoms. The number of hydrogen-bond donors (Lipinski definition) is 0. The second kappa shape index (κ2) is 5.40. The van der Waals surface area contributed by atoms with Crippen LogP contribution in [0.25, 0.3) is 11.3 Å². The van der Waals surface area contributed by atoms with Crippen LogP contribution in [-0.2, 0) is 11.2 Å². The smallest absolute Gasteiger partial charge is 0.376 e. The minimum Gasteiger partial charge on any atom is -0.463 e. The van der Waals surface area contributed by atoms with Crippen LogP contribution in [0, 0.1) is 0 Å². The van der Waals surface area contributed by atoms with Gasteiger partial charge >= 0.3 is 5.97 Å². The van der Waals surface area contributed by atoms with E-state index in [1.54, 1.807) is 12.3 Å². The predicted octanol–water partition coefficient (Wildman–Crippen LogP) is 2.49. The Morgan fingerprint density at radius 2 is 1.94 bits per heavy atom. The quantitative estimate of drug-likeness (QED) is 0.776. The van der Waals surface area contributed by atoms with Gasteiger partial charge in [0.1, 0.15) is 0 Å². The van der Waals surface area contributed by atoms with E-state index in [2.05, 4.69) is 33.8 Å². The molecule has 4 nitrogen and oxygen atoms in total. The van der Waals surface area contributed by atoms with Crippen molar-refractivity contribution >= 4 is 5.97 Å². The first kappa shape index (κ1) is 12.2. The Balaban J connectivity index is 2.35. The van der Waals surface area contributed by atoms with Gasteiger partial charge in [0, 0.05) is 11.8 Å². The zero-order chi connectivity index (χ0) is 13.0. The molecule has 0 fully saturated rings. The molecule has 2 rings (SSSR count). The summed E-state index contributed by atoms with van der Waals surface area (Å²) >= 11 is 0. The highest BCUT2D eigenvalue weighted by molar-refractivity contribution is 5.85. The van der Waals surface area contributed by atoms with Gasteiger partial charge in [-0.2, -0.15) is 0 Å². The predicted molar refractivity (Wildman–Crippen MR) is 68.2 cm³/mol. The standard InChI is InChI=1S/C14H14N2O2/c1-3-10-4-6-11(7-5-10)12-8-9-15-13(16-12)14(17)18-2/h4-9H,3H2,1-2H3. The Kier molecular flexibility index (Phi) is 3.67. The maximum atomic E-state index is 11.4. The molecule has 0 aliphatic heterocycles. The van der Waals surface area contributed by atoms with Gasteiger partial charge in [-0.05, 0) is 18.1 Å². The van der Waals surface area contributed by atoms with Gasteiger partial charge < -0.3 is 4.74 Å². The van der Waals surface area contributed by atoms with Crippen molar-refractivity contribution in [3.05, 3.63) is 47.9 Å². The molecule has 2 aromatic rings. The zero-order valence-corrected chi connectivity index (χ0v) is 10.4. The van der Waals surface area contributed by atoms with Crippen LogP contribution in [0.3, 0.4) is 0 Å². The van der Waals surface area contributed by atoms with E-state index in [0.717, 1.165) is 12.0 Å². The second-order valence-electron chi connectivity index (χ2n) is 3.81. The largest absolute Gasteiger partial charge is 0.463 e. The van der Waals surface area contributed by atoms with Gasteiger partial charge in [0.2, 0.25) is 5.82 Å². The minimum absolute atomic E-state index is 0.0783. The van der Waals surface area contributed by atoms with Crippen molar-refractivity contribution in [1.82, 2.24) is 9.97 Å². The van der Waals surface area contributed by atoms with Crippen LogP contribution in [0.4, 0.5) is 0 Å². The van der Waals surface area contributed by atoms with Gasteiger partial charge in [0.15, 0.2) is 0 Å². The lowest BCUT2D eigenvalue weighted by Gasteiger charge is -2.03. The molecule has 0 radical (unpaired) electrons. The molecule has 0 bridgehead atoms. The molecular formula is C14H14N2O2. The van der Waals surface area contributed by atoms with Gasteiger partial charge in [0.25, 0.3) is 0 Å². The number of rotatable bonds is 3. The van der Waals surface area contributed by atoms with Crippen LogP contribution in [-0.4, -0.2) is 23.0 Å². The fraction of sp³-hybridized carbons (Fsp3) is 0.214.